The smallest absolute Gasteiger partial charge is 0.299 e. The molecule has 3 N–H and O–H groups in total. The summed E-state index contributed by atoms with van der Waals surface area (Å²) in [6.07, 6.45) is 1.60. The summed E-state index contributed by atoms with van der Waals surface area (Å²) < 4.78 is 5.40. The number of nitrogens with one attached hydrogen (secondary N) is 1. The van der Waals surface area contributed by atoms with Crippen molar-refractivity contribution in [3.8, 4) is 11.3 Å². The molecule has 100 valence electrons. The molecule has 20 heavy (non-hydrogen) atoms. The number of benzene rings is 2. The maximum absolute atomic E-state index is 5.86. The highest BCUT2D eigenvalue weighted by Crippen LogP contribution is 2.24. The second-order valence-corrected chi connectivity index (χ2v) is 4.73. The monoisotopic (exact) mass is 285 g/mol. The van der Waals surface area contributed by atoms with Crippen LogP contribution in [0.1, 0.15) is 0 Å². The molecule has 0 saturated heterocycles. The topological polar surface area (TPSA) is 64.1 Å². The highest BCUT2D eigenvalue weighted by Gasteiger charge is 2.06. The molecule has 0 aliphatic carbocycles. The van der Waals surface area contributed by atoms with Crippen LogP contribution in [0.2, 0.25) is 5.02 Å². The Morgan fingerprint density at radius 2 is 1.90 bits per heavy atom. The Kier molecular flexibility index (Phi) is 3.31. The van der Waals surface area contributed by atoms with E-state index < -0.39 is 0 Å². The summed E-state index contributed by atoms with van der Waals surface area (Å²) in [6, 6.07) is 15.2. The summed E-state index contributed by atoms with van der Waals surface area (Å²) in [7, 11) is 0. The van der Waals surface area contributed by atoms with Gasteiger partial charge in [-0.25, -0.2) is 0 Å². The molecular formula is C15H12ClN3O. The van der Waals surface area contributed by atoms with E-state index in [0.29, 0.717) is 16.7 Å². The van der Waals surface area contributed by atoms with Crippen LogP contribution in [0.4, 0.5) is 17.4 Å². The number of hydrogen-bond donors (Lipinski definition) is 2. The van der Waals surface area contributed by atoms with Gasteiger partial charge < -0.3 is 15.5 Å². The minimum Gasteiger partial charge on any atom is -0.431 e. The number of oxazole rings is 1. The average Bonchev–Trinajstić information content (AvgIpc) is 2.88. The third-order valence-corrected chi connectivity index (χ3v) is 3.03. The fourth-order valence-electron chi connectivity index (χ4n) is 1.82. The number of halogens is 1. The van der Waals surface area contributed by atoms with Crippen LogP contribution in [0.25, 0.3) is 11.3 Å². The van der Waals surface area contributed by atoms with Gasteiger partial charge in [-0.15, -0.1) is 0 Å². The molecule has 0 bridgehead atoms. The summed E-state index contributed by atoms with van der Waals surface area (Å²) in [5, 5.41) is 3.75. The van der Waals surface area contributed by atoms with Crippen LogP contribution < -0.4 is 11.1 Å². The molecule has 4 nitrogen and oxygen atoms in total. The van der Waals surface area contributed by atoms with Gasteiger partial charge in [0.1, 0.15) is 12.0 Å². The maximum Gasteiger partial charge on any atom is 0.299 e. The molecule has 0 aliphatic rings. The number of aromatic nitrogens is 1. The first kappa shape index (κ1) is 12.6. The van der Waals surface area contributed by atoms with Crippen LogP contribution in [0.5, 0.6) is 0 Å². The normalized spacial score (nSPS) is 10.4. The molecule has 0 unspecified atom stereocenters. The van der Waals surface area contributed by atoms with Gasteiger partial charge in [0.2, 0.25) is 0 Å². The van der Waals surface area contributed by atoms with E-state index in [1.54, 1.807) is 6.26 Å². The van der Waals surface area contributed by atoms with E-state index in [9.17, 15) is 0 Å². The lowest BCUT2D eigenvalue weighted by Crippen LogP contribution is -1.92. The fraction of sp³-hybridized carbons (Fsp3) is 0. The number of nitrogens with zero attached hydrogens (tertiary/aromatic N) is 1. The molecule has 5 heteroatoms. The van der Waals surface area contributed by atoms with Crippen LogP contribution in [0.15, 0.2) is 59.2 Å². The van der Waals surface area contributed by atoms with E-state index in [4.69, 9.17) is 21.8 Å². The molecule has 0 radical (unpaired) electrons. The fourth-order valence-corrected chi connectivity index (χ4v) is 1.95. The summed E-state index contributed by atoms with van der Waals surface area (Å²) in [5.41, 5.74) is 8.91. The highest BCUT2D eigenvalue weighted by molar-refractivity contribution is 6.30. The lowest BCUT2D eigenvalue weighted by atomic mass is 10.2. The van der Waals surface area contributed by atoms with E-state index in [2.05, 4.69) is 10.3 Å². The van der Waals surface area contributed by atoms with Gasteiger partial charge in [0, 0.05) is 22.0 Å². The number of anilines is 3. The third-order valence-electron chi connectivity index (χ3n) is 2.78. The largest absolute Gasteiger partial charge is 0.431 e. The van der Waals surface area contributed by atoms with Crippen LogP contribution in [-0.2, 0) is 0 Å². The number of hydrogen-bond acceptors (Lipinski definition) is 4. The molecule has 0 atom stereocenters. The van der Waals surface area contributed by atoms with Crippen molar-refractivity contribution in [2.75, 3.05) is 11.1 Å². The van der Waals surface area contributed by atoms with Gasteiger partial charge in [-0.3, -0.25) is 0 Å². The lowest BCUT2D eigenvalue weighted by Gasteiger charge is -2.01. The molecule has 1 aromatic heterocycles. The first-order valence-corrected chi connectivity index (χ1v) is 6.42. The standard InChI is InChI=1S/C15H12ClN3O/c16-11-6-4-10(5-7-11)14-9-20-15(19-14)18-13-3-1-2-12(17)8-13/h1-9H,17H2,(H,18,19). The Morgan fingerprint density at radius 3 is 2.65 bits per heavy atom. The van der Waals surface area contributed by atoms with Gasteiger partial charge in [-0.05, 0) is 30.3 Å². The van der Waals surface area contributed by atoms with E-state index >= 15 is 0 Å². The Morgan fingerprint density at radius 1 is 1.10 bits per heavy atom. The minimum atomic E-state index is 0.417. The molecule has 0 amide bonds. The maximum atomic E-state index is 5.86. The summed E-state index contributed by atoms with van der Waals surface area (Å²) >= 11 is 5.86. The van der Waals surface area contributed by atoms with E-state index in [1.165, 1.54) is 0 Å². The van der Waals surface area contributed by atoms with Gasteiger partial charge in [0.05, 0.1) is 0 Å². The number of nitrogens with two attached hydrogens (primary N) is 1. The molecule has 2 aromatic carbocycles. The van der Waals surface area contributed by atoms with Crippen molar-refractivity contribution < 1.29 is 4.42 Å². The van der Waals surface area contributed by atoms with Gasteiger partial charge in [-0.1, -0.05) is 29.8 Å². The summed E-state index contributed by atoms with van der Waals surface area (Å²) in [6.45, 7) is 0. The van der Waals surface area contributed by atoms with Gasteiger partial charge in [0.15, 0.2) is 0 Å². The van der Waals surface area contributed by atoms with Crippen LogP contribution >= 0.6 is 11.6 Å². The van der Waals surface area contributed by atoms with Crippen LogP contribution in [0, 0.1) is 0 Å². The second-order valence-electron chi connectivity index (χ2n) is 4.30. The van der Waals surface area contributed by atoms with Crippen molar-refractivity contribution >= 4 is 29.0 Å². The molecule has 0 saturated carbocycles. The Hall–Kier alpha value is -2.46. The van der Waals surface area contributed by atoms with Crippen LogP contribution in [0.3, 0.4) is 0 Å². The quantitative estimate of drug-likeness (QED) is 0.703. The van der Waals surface area contributed by atoms with Crippen molar-refractivity contribution in [3.63, 3.8) is 0 Å². The van der Waals surface area contributed by atoms with E-state index in [0.717, 1.165) is 16.9 Å². The number of rotatable bonds is 3. The predicted molar refractivity (Wildman–Crippen MR) is 81.1 cm³/mol. The second kappa shape index (κ2) is 5.27. The molecule has 3 rings (SSSR count). The lowest BCUT2D eigenvalue weighted by molar-refractivity contribution is 0.578. The van der Waals surface area contributed by atoms with E-state index in [-0.39, 0.29) is 0 Å². The molecule has 3 aromatic rings. The zero-order valence-electron chi connectivity index (χ0n) is 10.5. The molecule has 0 aliphatic heterocycles. The van der Waals surface area contributed by atoms with Gasteiger partial charge in [0.25, 0.3) is 6.01 Å². The van der Waals surface area contributed by atoms with Crippen molar-refractivity contribution in [2.45, 2.75) is 0 Å². The third kappa shape index (κ3) is 2.75. The zero-order valence-corrected chi connectivity index (χ0v) is 11.3. The van der Waals surface area contributed by atoms with Crippen molar-refractivity contribution in [1.29, 1.82) is 0 Å². The number of nitrogen functional groups attached to an aromatic ring is 1. The minimum absolute atomic E-state index is 0.417. The molecule has 0 spiro atoms. The highest BCUT2D eigenvalue weighted by atomic mass is 35.5. The Balaban J connectivity index is 1.82. The molecule has 1 heterocycles. The SMILES string of the molecule is Nc1cccc(Nc2nc(-c3ccc(Cl)cc3)co2)c1. The zero-order chi connectivity index (χ0) is 13.9. The van der Waals surface area contributed by atoms with E-state index in [1.807, 2.05) is 48.5 Å². The average molecular weight is 286 g/mol. The molecule has 0 fully saturated rings. The molecular weight excluding hydrogens is 274 g/mol. The first-order chi connectivity index (χ1) is 9.70. The Labute approximate surface area is 121 Å². The van der Waals surface area contributed by atoms with Crippen molar-refractivity contribution in [3.05, 3.63) is 59.8 Å². The first-order valence-electron chi connectivity index (χ1n) is 6.05. The summed E-state index contributed by atoms with van der Waals surface area (Å²) in [5.74, 6) is 0. The Bertz CT molecular complexity index is 722. The van der Waals surface area contributed by atoms with Gasteiger partial charge >= 0.3 is 0 Å². The van der Waals surface area contributed by atoms with Gasteiger partial charge in [-0.2, -0.15) is 4.98 Å². The van der Waals surface area contributed by atoms with Crippen molar-refractivity contribution in [2.24, 2.45) is 0 Å². The van der Waals surface area contributed by atoms with Crippen molar-refractivity contribution in [1.82, 2.24) is 4.98 Å². The van der Waals surface area contributed by atoms with Crippen LogP contribution in [-0.4, -0.2) is 4.98 Å². The summed E-state index contributed by atoms with van der Waals surface area (Å²) in [4.78, 5) is 4.37. The predicted octanol–water partition coefficient (Wildman–Crippen LogP) is 4.32.